The summed E-state index contributed by atoms with van der Waals surface area (Å²) in [5, 5.41) is 3.42. The van der Waals surface area contributed by atoms with Crippen LogP contribution in [0, 0.1) is 0 Å². The number of hydrogen-bond donors (Lipinski definition) is 2. The monoisotopic (exact) mass is 293 g/mol. The van der Waals surface area contributed by atoms with Gasteiger partial charge in [0.25, 0.3) is 0 Å². The molecule has 112 valence electrons. The van der Waals surface area contributed by atoms with Crippen LogP contribution in [0.15, 0.2) is 67.1 Å². The van der Waals surface area contributed by atoms with Gasteiger partial charge in [0, 0.05) is 25.7 Å². The van der Waals surface area contributed by atoms with Gasteiger partial charge in [0.2, 0.25) is 0 Å². The first kappa shape index (κ1) is 14.4. The minimum Gasteiger partial charge on any atom is -0.457 e. The smallest absolute Gasteiger partial charge is 0.127 e. The van der Waals surface area contributed by atoms with Crippen molar-refractivity contribution in [3.05, 3.63) is 78.4 Å². The van der Waals surface area contributed by atoms with Crippen LogP contribution in [0.25, 0.3) is 0 Å². The molecule has 0 bridgehead atoms. The fourth-order valence-corrected chi connectivity index (χ4v) is 2.22. The van der Waals surface area contributed by atoms with Gasteiger partial charge >= 0.3 is 0 Å². The van der Waals surface area contributed by atoms with Gasteiger partial charge in [0.15, 0.2) is 0 Å². The van der Waals surface area contributed by atoms with Crippen molar-refractivity contribution in [1.82, 2.24) is 15.3 Å². The van der Waals surface area contributed by atoms with Crippen LogP contribution < -0.4 is 10.1 Å². The second kappa shape index (κ2) is 7.43. The number of aromatic nitrogens is 2. The number of para-hydroxylation sites is 1. The standard InChI is InChI=1S/C18H19N3O/c1-2-6-17(7-3-1)22-18-8-4-5-15(11-18)12-19-10-9-16-13-20-14-21-16/h1-8,11,13-14,19H,9-10,12H2,(H,20,21). The van der Waals surface area contributed by atoms with E-state index in [1.807, 2.05) is 48.7 Å². The number of rotatable bonds is 7. The molecular formula is C18H19N3O. The summed E-state index contributed by atoms with van der Waals surface area (Å²) in [7, 11) is 0. The summed E-state index contributed by atoms with van der Waals surface area (Å²) in [5.74, 6) is 1.71. The molecule has 0 saturated heterocycles. The molecule has 0 atom stereocenters. The number of imidazole rings is 1. The van der Waals surface area contributed by atoms with E-state index in [9.17, 15) is 0 Å². The van der Waals surface area contributed by atoms with Gasteiger partial charge in [-0.2, -0.15) is 0 Å². The lowest BCUT2D eigenvalue weighted by Gasteiger charge is -2.08. The van der Waals surface area contributed by atoms with E-state index in [1.165, 1.54) is 5.56 Å². The molecule has 0 saturated carbocycles. The Bertz CT molecular complexity index is 681. The lowest BCUT2D eigenvalue weighted by molar-refractivity contribution is 0.481. The number of aromatic amines is 1. The lowest BCUT2D eigenvalue weighted by atomic mass is 10.2. The Morgan fingerprint density at radius 2 is 1.86 bits per heavy atom. The summed E-state index contributed by atoms with van der Waals surface area (Å²) in [5.41, 5.74) is 2.28. The topological polar surface area (TPSA) is 49.9 Å². The molecule has 0 aliphatic rings. The molecule has 22 heavy (non-hydrogen) atoms. The number of benzene rings is 2. The normalized spacial score (nSPS) is 10.5. The SMILES string of the molecule is c1ccc(Oc2cccc(CNCCc3c[nH]cn3)c2)cc1. The lowest BCUT2D eigenvalue weighted by Crippen LogP contribution is -2.16. The highest BCUT2D eigenvalue weighted by Crippen LogP contribution is 2.21. The Hall–Kier alpha value is -2.59. The highest BCUT2D eigenvalue weighted by molar-refractivity contribution is 5.33. The third kappa shape index (κ3) is 4.20. The van der Waals surface area contributed by atoms with E-state index in [4.69, 9.17) is 4.74 Å². The van der Waals surface area contributed by atoms with Gasteiger partial charge < -0.3 is 15.0 Å². The second-order valence-corrected chi connectivity index (χ2v) is 5.05. The fraction of sp³-hybridized carbons (Fsp3) is 0.167. The van der Waals surface area contributed by atoms with Crippen molar-refractivity contribution in [3.8, 4) is 11.5 Å². The fourth-order valence-electron chi connectivity index (χ4n) is 2.22. The van der Waals surface area contributed by atoms with Crippen molar-refractivity contribution in [1.29, 1.82) is 0 Å². The van der Waals surface area contributed by atoms with Crippen LogP contribution in [-0.2, 0) is 13.0 Å². The van der Waals surface area contributed by atoms with Crippen molar-refractivity contribution in [2.45, 2.75) is 13.0 Å². The van der Waals surface area contributed by atoms with E-state index >= 15 is 0 Å². The second-order valence-electron chi connectivity index (χ2n) is 5.05. The molecule has 0 amide bonds. The molecule has 3 rings (SSSR count). The van der Waals surface area contributed by atoms with Crippen LogP contribution >= 0.6 is 0 Å². The van der Waals surface area contributed by atoms with Crippen LogP contribution in [-0.4, -0.2) is 16.5 Å². The number of H-pyrrole nitrogens is 1. The Labute approximate surface area is 130 Å². The maximum atomic E-state index is 5.84. The number of hydrogen-bond acceptors (Lipinski definition) is 3. The van der Waals surface area contributed by atoms with Crippen molar-refractivity contribution in [3.63, 3.8) is 0 Å². The molecule has 4 nitrogen and oxygen atoms in total. The number of ether oxygens (including phenoxy) is 1. The predicted molar refractivity (Wildman–Crippen MR) is 87.0 cm³/mol. The third-order valence-electron chi connectivity index (χ3n) is 3.32. The molecular weight excluding hydrogens is 274 g/mol. The Morgan fingerprint density at radius 3 is 2.68 bits per heavy atom. The van der Waals surface area contributed by atoms with Crippen LogP contribution in [0.4, 0.5) is 0 Å². The van der Waals surface area contributed by atoms with Crippen LogP contribution in [0.1, 0.15) is 11.3 Å². The molecule has 0 fully saturated rings. The van der Waals surface area contributed by atoms with Crippen molar-refractivity contribution < 1.29 is 4.74 Å². The highest BCUT2D eigenvalue weighted by Gasteiger charge is 1.99. The maximum absolute atomic E-state index is 5.84. The quantitative estimate of drug-likeness (QED) is 0.655. The average molecular weight is 293 g/mol. The molecule has 0 spiro atoms. The van der Waals surface area contributed by atoms with E-state index < -0.39 is 0 Å². The maximum Gasteiger partial charge on any atom is 0.127 e. The molecule has 1 aromatic heterocycles. The average Bonchev–Trinajstić information content (AvgIpc) is 3.06. The predicted octanol–water partition coefficient (Wildman–Crippen LogP) is 3.53. The van der Waals surface area contributed by atoms with Crippen LogP contribution in [0.3, 0.4) is 0 Å². The van der Waals surface area contributed by atoms with E-state index in [0.717, 1.165) is 36.7 Å². The highest BCUT2D eigenvalue weighted by atomic mass is 16.5. The Morgan fingerprint density at radius 1 is 1.00 bits per heavy atom. The van der Waals surface area contributed by atoms with E-state index in [-0.39, 0.29) is 0 Å². The van der Waals surface area contributed by atoms with E-state index in [1.54, 1.807) is 6.33 Å². The molecule has 0 aliphatic carbocycles. The molecule has 0 aliphatic heterocycles. The summed E-state index contributed by atoms with van der Waals surface area (Å²) in [6.07, 6.45) is 4.55. The van der Waals surface area contributed by atoms with Gasteiger partial charge in [0.05, 0.1) is 12.0 Å². The molecule has 3 aromatic rings. The summed E-state index contributed by atoms with van der Waals surface area (Å²) in [4.78, 5) is 7.17. The largest absolute Gasteiger partial charge is 0.457 e. The van der Waals surface area contributed by atoms with E-state index in [0.29, 0.717) is 0 Å². The minimum atomic E-state index is 0.816. The zero-order valence-corrected chi connectivity index (χ0v) is 12.3. The molecule has 0 radical (unpaired) electrons. The van der Waals surface area contributed by atoms with Gasteiger partial charge in [-0.25, -0.2) is 4.98 Å². The zero-order chi connectivity index (χ0) is 15.0. The van der Waals surface area contributed by atoms with Gasteiger partial charge in [-0.15, -0.1) is 0 Å². The first-order valence-corrected chi connectivity index (χ1v) is 7.40. The van der Waals surface area contributed by atoms with E-state index in [2.05, 4.69) is 27.4 Å². The number of nitrogens with zero attached hydrogens (tertiary/aromatic N) is 1. The molecule has 2 N–H and O–H groups in total. The Kier molecular flexibility index (Phi) is 4.85. The zero-order valence-electron chi connectivity index (χ0n) is 12.3. The van der Waals surface area contributed by atoms with Crippen LogP contribution in [0.2, 0.25) is 0 Å². The van der Waals surface area contributed by atoms with Gasteiger partial charge in [0.1, 0.15) is 11.5 Å². The summed E-state index contributed by atoms with van der Waals surface area (Å²) in [6.45, 7) is 1.71. The summed E-state index contributed by atoms with van der Waals surface area (Å²) >= 11 is 0. The first-order valence-electron chi connectivity index (χ1n) is 7.40. The van der Waals surface area contributed by atoms with Crippen LogP contribution in [0.5, 0.6) is 11.5 Å². The molecule has 4 heteroatoms. The number of nitrogens with one attached hydrogen (secondary N) is 2. The first-order chi connectivity index (χ1) is 10.9. The minimum absolute atomic E-state index is 0.816. The van der Waals surface area contributed by atoms with Crippen molar-refractivity contribution in [2.75, 3.05) is 6.54 Å². The Balaban J connectivity index is 1.50. The van der Waals surface area contributed by atoms with Gasteiger partial charge in [-0.3, -0.25) is 0 Å². The summed E-state index contributed by atoms with van der Waals surface area (Å²) in [6, 6.07) is 18.0. The molecule has 2 aromatic carbocycles. The summed E-state index contributed by atoms with van der Waals surface area (Å²) < 4.78 is 5.84. The molecule has 0 unspecified atom stereocenters. The third-order valence-corrected chi connectivity index (χ3v) is 3.32. The van der Waals surface area contributed by atoms with Gasteiger partial charge in [-0.05, 0) is 29.8 Å². The van der Waals surface area contributed by atoms with Crippen molar-refractivity contribution >= 4 is 0 Å². The van der Waals surface area contributed by atoms with Gasteiger partial charge in [-0.1, -0.05) is 30.3 Å². The molecule has 1 heterocycles. The van der Waals surface area contributed by atoms with Crippen molar-refractivity contribution in [2.24, 2.45) is 0 Å².